The van der Waals surface area contributed by atoms with Gasteiger partial charge >= 0.3 is 0 Å². The van der Waals surface area contributed by atoms with Crippen LogP contribution in [0.5, 0.6) is 0 Å². The van der Waals surface area contributed by atoms with E-state index in [4.69, 9.17) is 10.9 Å². The first-order chi connectivity index (χ1) is 9.12. The van der Waals surface area contributed by atoms with Gasteiger partial charge in [-0.1, -0.05) is 19.0 Å². The molecule has 0 bridgehead atoms. The van der Waals surface area contributed by atoms with E-state index >= 15 is 0 Å². The normalized spacial score (nSPS) is 11.8. The van der Waals surface area contributed by atoms with Gasteiger partial charge in [-0.2, -0.15) is 0 Å². The number of oxime groups is 1. The van der Waals surface area contributed by atoms with Crippen LogP contribution >= 0.6 is 11.3 Å². The van der Waals surface area contributed by atoms with Gasteiger partial charge in [0, 0.05) is 18.5 Å². The van der Waals surface area contributed by atoms with E-state index in [1.54, 1.807) is 5.38 Å². The Kier molecular flexibility index (Phi) is 6.23. The van der Waals surface area contributed by atoms with Gasteiger partial charge in [0.15, 0.2) is 10.8 Å². The third-order valence-electron chi connectivity index (χ3n) is 2.69. The summed E-state index contributed by atoms with van der Waals surface area (Å²) in [6.07, 6.45) is 0. The predicted molar refractivity (Wildman–Crippen MR) is 75.6 cm³/mol. The van der Waals surface area contributed by atoms with E-state index in [9.17, 15) is 4.79 Å². The van der Waals surface area contributed by atoms with Crippen molar-refractivity contribution in [3.05, 3.63) is 11.1 Å². The van der Waals surface area contributed by atoms with Crippen LogP contribution in [-0.4, -0.2) is 52.9 Å². The van der Waals surface area contributed by atoms with Crippen LogP contribution in [0.3, 0.4) is 0 Å². The Balaban J connectivity index is 2.52. The van der Waals surface area contributed by atoms with E-state index in [1.807, 2.05) is 0 Å². The second kappa shape index (κ2) is 7.70. The smallest absolute Gasteiger partial charge is 0.275 e. The number of anilines is 1. The summed E-state index contributed by atoms with van der Waals surface area (Å²) in [6.45, 7) is 7.20. The zero-order valence-electron chi connectivity index (χ0n) is 11.1. The maximum absolute atomic E-state index is 11.8. The van der Waals surface area contributed by atoms with E-state index in [-0.39, 0.29) is 11.4 Å². The molecular formula is C11H19N5O2S. The summed E-state index contributed by atoms with van der Waals surface area (Å²) in [7, 11) is 0. The molecule has 19 heavy (non-hydrogen) atoms. The minimum Gasteiger partial charge on any atom is -0.410 e. The number of carbonyl (C=O) groups is 1. The molecule has 0 fully saturated rings. The molecule has 0 saturated heterocycles. The number of amides is 1. The third-order valence-corrected chi connectivity index (χ3v) is 3.36. The van der Waals surface area contributed by atoms with Gasteiger partial charge in [0.1, 0.15) is 5.69 Å². The maximum Gasteiger partial charge on any atom is 0.275 e. The van der Waals surface area contributed by atoms with Gasteiger partial charge in [0.05, 0.1) is 0 Å². The lowest BCUT2D eigenvalue weighted by Crippen LogP contribution is -2.38. The molecule has 7 nitrogen and oxygen atoms in total. The van der Waals surface area contributed by atoms with Crippen molar-refractivity contribution in [2.75, 3.05) is 31.9 Å². The number of rotatable bonds is 7. The van der Waals surface area contributed by atoms with Crippen LogP contribution < -0.4 is 11.1 Å². The quantitative estimate of drug-likeness (QED) is 0.381. The molecule has 1 rings (SSSR count). The average Bonchev–Trinajstić information content (AvgIpc) is 2.82. The Labute approximate surface area is 116 Å². The number of aromatic nitrogens is 1. The van der Waals surface area contributed by atoms with E-state index in [2.05, 4.69) is 34.2 Å². The molecular weight excluding hydrogens is 266 g/mol. The standard InChI is InChI=1S/C11H19N5O2S/c1-3-16(4-2)6-5-13-10(17)9(15-18)8-7-19-11(12)14-8/h7,18H,3-6H2,1-2H3,(H2,12,14)(H,13,17). The van der Waals surface area contributed by atoms with E-state index in [0.29, 0.717) is 11.7 Å². The number of carbonyl (C=O) groups excluding carboxylic acids is 1. The zero-order chi connectivity index (χ0) is 14.3. The number of nitrogens with one attached hydrogen (secondary N) is 1. The SMILES string of the molecule is CCN(CC)CCNC(=O)C(=NO)c1csc(N)n1. The molecule has 0 aromatic carbocycles. The highest BCUT2D eigenvalue weighted by atomic mass is 32.1. The molecule has 0 aliphatic rings. The van der Waals surface area contributed by atoms with E-state index < -0.39 is 5.91 Å². The van der Waals surface area contributed by atoms with Crippen molar-refractivity contribution in [1.82, 2.24) is 15.2 Å². The van der Waals surface area contributed by atoms with Crippen LogP contribution in [-0.2, 0) is 4.79 Å². The monoisotopic (exact) mass is 285 g/mol. The molecule has 0 aliphatic carbocycles. The summed E-state index contributed by atoms with van der Waals surface area (Å²) < 4.78 is 0. The summed E-state index contributed by atoms with van der Waals surface area (Å²) >= 11 is 1.19. The van der Waals surface area contributed by atoms with Crippen molar-refractivity contribution in [1.29, 1.82) is 0 Å². The number of nitrogens with two attached hydrogens (primary N) is 1. The van der Waals surface area contributed by atoms with E-state index in [0.717, 1.165) is 19.6 Å². The molecule has 4 N–H and O–H groups in total. The van der Waals surface area contributed by atoms with Crippen LogP contribution in [0.25, 0.3) is 0 Å². The van der Waals surface area contributed by atoms with Crippen LogP contribution in [0.2, 0.25) is 0 Å². The minimum absolute atomic E-state index is 0.118. The Morgan fingerprint density at radius 3 is 2.74 bits per heavy atom. The Hall–Kier alpha value is -1.67. The lowest BCUT2D eigenvalue weighted by molar-refractivity contribution is -0.114. The molecule has 1 aromatic heterocycles. The molecule has 0 unspecified atom stereocenters. The fourth-order valence-corrected chi connectivity index (χ4v) is 2.11. The first-order valence-corrected chi connectivity index (χ1v) is 6.94. The second-order valence-electron chi connectivity index (χ2n) is 3.80. The largest absolute Gasteiger partial charge is 0.410 e. The van der Waals surface area contributed by atoms with Crippen molar-refractivity contribution in [2.24, 2.45) is 5.16 Å². The molecule has 1 amide bonds. The molecule has 0 radical (unpaired) electrons. The number of hydrogen-bond donors (Lipinski definition) is 3. The molecule has 0 aliphatic heterocycles. The summed E-state index contributed by atoms with van der Waals surface area (Å²) in [5.74, 6) is -0.458. The van der Waals surface area contributed by atoms with Gasteiger partial charge in [0.25, 0.3) is 5.91 Å². The van der Waals surface area contributed by atoms with Gasteiger partial charge in [-0.3, -0.25) is 4.79 Å². The van der Waals surface area contributed by atoms with Gasteiger partial charge in [0.2, 0.25) is 0 Å². The number of nitrogens with zero attached hydrogens (tertiary/aromatic N) is 3. The van der Waals surface area contributed by atoms with Crippen molar-refractivity contribution in [3.8, 4) is 0 Å². The van der Waals surface area contributed by atoms with Crippen LogP contribution in [0.4, 0.5) is 5.13 Å². The highest BCUT2D eigenvalue weighted by Crippen LogP contribution is 2.11. The highest BCUT2D eigenvalue weighted by Gasteiger charge is 2.17. The fourth-order valence-electron chi connectivity index (χ4n) is 1.56. The third kappa shape index (κ3) is 4.49. The van der Waals surface area contributed by atoms with Crippen molar-refractivity contribution in [3.63, 3.8) is 0 Å². The van der Waals surface area contributed by atoms with Gasteiger partial charge in [-0.25, -0.2) is 4.98 Å². The van der Waals surface area contributed by atoms with Crippen LogP contribution in [0.15, 0.2) is 10.5 Å². The number of hydrogen-bond acceptors (Lipinski definition) is 7. The van der Waals surface area contributed by atoms with Crippen molar-refractivity contribution < 1.29 is 10.0 Å². The molecule has 106 valence electrons. The average molecular weight is 285 g/mol. The summed E-state index contributed by atoms with van der Waals surface area (Å²) in [6, 6.07) is 0. The lowest BCUT2D eigenvalue weighted by atomic mass is 10.3. The van der Waals surface area contributed by atoms with Crippen LogP contribution in [0.1, 0.15) is 19.5 Å². The molecule has 0 atom stereocenters. The number of likely N-dealkylation sites (N-methyl/N-ethyl adjacent to an activating group) is 1. The molecule has 1 aromatic rings. The molecule has 1 heterocycles. The summed E-state index contributed by atoms with van der Waals surface area (Å²) in [4.78, 5) is 17.9. The second-order valence-corrected chi connectivity index (χ2v) is 4.69. The van der Waals surface area contributed by atoms with Crippen LogP contribution in [0, 0.1) is 0 Å². The molecule has 0 spiro atoms. The topological polar surface area (TPSA) is 104 Å². The first kappa shape index (κ1) is 15.4. The van der Waals surface area contributed by atoms with Crippen molar-refractivity contribution >= 4 is 28.1 Å². The number of thiazole rings is 1. The van der Waals surface area contributed by atoms with Gasteiger partial charge in [-0.15, -0.1) is 11.3 Å². The van der Waals surface area contributed by atoms with E-state index in [1.165, 1.54) is 11.3 Å². The minimum atomic E-state index is -0.458. The summed E-state index contributed by atoms with van der Waals surface area (Å²) in [5.41, 5.74) is 5.64. The number of nitrogen functional groups attached to an aromatic ring is 1. The Morgan fingerprint density at radius 2 is 2.26 bits per heavy atom. The van der Waals surface area contributed by atoms with Crippen molar-refractivity contribution in [2.45, 2.75) is 13.8 Å². The van der Waals surface area contributed by atoms with Gasteiger partial charge in [-0.05, 0) is 13.1 Å². The lowest BCUT2D eigenvalue weighted by Gasteiger charge is -2.17. The summed E-state index contributed by atoms with van der Waals surface area (Å²) in [5, 5.41) is 16.5. The zero-order valence-corrected chi connectivity index (χ0v) is 11.9. The first-order valence-electron chi connectivity index (χ1n) is 6.06. The molecule has 8 heteroatoms. The predicted octanol–water partition coefficient (Wildman–Crippen LogP) is 0.362. The highest BCUT2D eigenvalue weighted by molar-refractivity contribution is 7.13. The fraction of sp³-hybridized carbons (Fsp3) is 0.545. The molecule has 0 saturated carbocycles. The van der Waals surface area contributed by atoms with Gasteiger partial charge < -0.3 is 21.2 Å². The Bertz CT molecular complexity index is 442. The maximum atomic E-state index is 11.8. The Morgan fingerprint density at radius 1 is 1.58 bits per heavy atom.